The molecule has 0 aromatic rings. The minimum atomic E-state index is -0.593. The van der Waals surface area contributed by atoms with E-state index in [0.29, 0.717) is 36.3 Å². The third-order valence-corrected chi connectivity index (χ3v) is 7.89. The predicted octanol–water partition coefficient (Wildman–Crippen LogP) is 6.75. The van der Waals surface area contributed by atoms with Crippen LogP contribution in [0.1, 0.15) is 117 Å². The van der Waals surface area contributed by atoms with Gasteiger partial charge in [-0.05, 0) is 50.4 Å². The summed E-state index contributed by atoms with van der Waals surface area (Å²) in [5.74, 6) is 0.384. The van der Waals surface area contributed by atoms with E-state index in [2.05, 4.69) is 13.8 Å². The molecule has 7 unspecified atom stereocenters. The van der Waals surface area contributed by atoms with Gasteiger partial charge in [0.1, 0.15) is 0 Å². The number of ether oxygens (including phenoxy) is 2. The van der Waals surface area contributed by atoms with Crippen LogP contribution in [0.3, 0.4) is 0 Å². The number of carboxylic acids is 1. The van der Waals surface area contributed by atoms with E-state index < -0.39 is 5.97 Å². The second-order valence-electron chi connectivity index (χ2n) is 10.5. The first-order valence-corrected chi connectivity index (χ1v) is 13.1. The van der Waals surface area contributed by atoms with Crippen LogP contribution >= 0.6 is 0 Å². The maximum atomic E-state index is 11.7. The summed E-state index contributed by atoms with van der Waals surface area (Å²) in [6.45, 7) is 4.55. The van der Waals surface area contributed by atoms with E-state index in [1.165, 1.54) is 64.2 Å². The molecule has 0 radical (unpaired) electrons. The molecule has 0 spiro atoms. The molecule has 1 saturated carbocycles. The van der Waals surface area contributed by atoms with Crippen molar-refractivity contribution < 1.29 is 19.4 Å². The van der Waals surface area contributed by atoms with Gasteiger partial charge in [0.25, 0.3) is 0 Å². The smallest absolute Gasteiger partial charge is 0.306 e. The van der Waals surface area contributed by atoms with Crippen LogP contribution in [-0.2, 0) is 14.3 Å². The van der Waals surface area contributed by atoms with E-state index in [-0.39, 0.29) is 5.92 Å². The average Bonchev–Trinajstić information content (AvgIpc) is 3.63. The zero-order chi connectivity index (χ0) is 21.3. The first-order valence-electron chi connectivity index (χ1n) is 13.1. The molecule has 3 rings (SSSR count). The van der Waals surface area contributed by atoms with Gasteiger partial charge < -0.3 is 14.6 Å². The van der Waals surface area contributed by atoms with Crippen molar-refractivity contribution in [1.82, 2.24) is 0 Å². The van der Waals surface area contributed by atoms with E-state index in [0.717, 1.165) is 38.5 Å². The third-order valence-electron chi connectivity index (χ3n) is 7.89. The summed E-state index contributed by atoms with van der Waals surface area (Å²) in [4.78, 5) is 11.7. The highest BCUT2D eigenvalue weighted by atomic mass is 16.6. The van der Waals surface area contributed by atoms with E-state index in [1.807, 2.05) is 0 Å². The largest absolute Gasteiger partial charge is 0.481 e. The summed E-state index contributed by atoms with van der Waals surface area (Å²) in [6, 6.07) is 0. The topological polar surface area (TPSA) is 62.4 Å². The van der Waals surface area contributed by atoms with Gasteiger partial charge >= 0.3 is 5.97 Å². The highest BCUT2D eigenvalue weighted by Gasteiger charge is 2.47. The van der Waals surface area contributed by atoms with Crippen molar-refractivity contribution in [1.29, 1.82) is 0 Å². The molecule has 1 aliphatic carbocycles. The molecule has 2 aliphatic heterocycles. The summed E-state index contributed by atoms with van der Waals surface area (Å²) in [5.41, 5.74) is 0. The molecule has 1 N–H and O–H groups in total. The van der Waals surface area contributed by atoms with Crippen molar-refractivity contribution in [3.05, 3.63) is 0 Å². The lowest BCUT2D eigenvalue weighted by atomic mass is 9.75. The van der Waals surface area contributed by atoms with Crippen LogP contribution in [0.2, 0.25) is 0 Å². The number of rotatable bonds is 17. The van der Waals surface area contributed by atoms with Crippen LogP contribution in [0.25, 0.3) is 0 Å². The Morgan fingerprint density at radius 2 is 1.47 bits per heavy atom. The second kappa shape index (κ2) is 12.4. The first-order chi connectivity index (χ1) is 14.6. The maximum Gasteiger partial charge on any atom is 0.306 e. The van der Waals surface area contributed by atoms with E-state index in [1.54, 1.807) is 0 Å². The molecule has 30 heavy (non-hydrogen) atoms. The fourth-order valence-electron chi connectivity index (χ4n) is 5.62. The molecule has 2 saturated heterocycles. The second-order valence-corrected chi connectivity index (χ2v) is 10.5. The minimum Gasteiger partial charge on any atom is -0.481 e. The SMILES string of the molecule is CCCCCCCCC1OC1CCCCCCC(CC1CC2OC2CC1C)C(=O)O. The standard InChI is InChI=1S/C26H46O4/c1-3-4-5-6-7-11-14-22-23(29-22)15-12-9-8-10-13-20(26(27)28)17-21-18-25-24(30-25)16-19(21)2/h19-25H,3-18H2,1-2H3,(H,27,28). The van der Waals surface area contributed by atoms with Crippen LogP contribution in [0.15, 0.2) is 0 Å². The Hall–Kier alpha value is -0.610. The van der Waals surface area contributed by atoms with Crippen LogP contribution in [-0.4, -0.2) is 35.5 Å². The molecule has 4 nitrogen and oxygen atoms in total. The number of aliphatic carboxylic acids is 1. The maximum absolute atomic E-state index is 11.7. The highest BCUT2D eigenvalue weighted by molar-refractivity contribution is 5.69. The number of carbonyl (C=O) groups is 1. The molecular weight excluding hydrogens is 376 g/mol. The molecule has 0 aromatic heterocycles. The molecule has 2 heterocycles. The van der Waals surface area contributed by atoms with E-state index in [4.69, 9.17) is 9.47 Å². The van der Waals surface area contributed by atoms with Crippen LogP contribution in [0.4, 0.5) is 0 Å². The minimum absolute atomic E-state index is 0.166. The van der Waals surface area contributed by atoms with Crippen LogP contribution in [0, 0.1) is 17.8 Å². The lowest BCUT2D eigenvalue weighted by molar-refractivity contribution is -0.142. The van der Waals surface area contributed by atoms with Gasteiger partial charge in [0, 0.05) is 0 Å². The van der Waals surface area contributed by atoms with Gasteiger partial charge in [-0.1, -0.05) is 78.1 Å². The Labute approximate surface area is 184 Å². The van der Waals surface area contributed by atoms with Crippen molar-refractivity contribution >= 4 is 5.97 Å². The highest BCUT2D eigenvalue weighted by Crippen LogP contribution is 2.45. The van der Waals surface area contributed by atoms with Gasteiger partial charge in [-0.2, -0.15) is 0 Å². The molecule has 0 amide bonds. The fourth-order valence-corrected chi connectivity index (χ4v) is 5.62. The molecule has 7 atom stereocenters. The monoisotopic (exact) mass is 422 g/mol. The Bertz CT molecular complexity index is 507. The van der Waals surface area contributed by atoms with E-state index >= 15 is 0 Å². The van der Waals surface area contributed by atoms with Crippen molar-refractivity contribution in [3.8, 4) is 0 Å². The summed E-state index contributed by atoms with van der Waals surface area (Å²) < 4.78 is 11.5. The summed E-state index contributed by atoms with van der Waals surface area (Å²) in [6.07, 6.45) is 21.2. The normalized spacial score (nSPS) is 33.1. The van der Waals surface area contributed by atoms with Gasteiger partial charge in [-0.3, -0.25) is 4.79 Å². The summed E-state index contributed by atoms with van der Waals surface area (Å²) in [5, 5.41) is 9.66. The molecule has 0 bridgehead atoms. The van der Waals surface area contributed by atoms with Gasteiger partial charge in [0.2, 0.25) is 0 Å². The number of hydrogen-bond donors (Lipinski definition) is 1. The van der Waals surface area contributed by atoms with Gasteiger partial charge in [0.05, 0.1) is 30.3 Å². The summed E-state index contributed by atoms with van der Waals surface area (Å²) in [7, 11) is 0. The van der Waals surface area contributed by atoms with Crippen LogP contribution in [0.5, 0.6) is 0 Å². The first kappa shape index (κ1) is 24.0. The number of unbranched alkanes of at least 4 members (excludes halogenated alkanes) is 8. The lowest BCUT2D eigenvalue weighted by Gasteiger charge is -2.28. The number of fused-ring (bicyclic) bond motifs is 1. The van der Waals surface area contributed by atoms with Crippen molar-refractivity contribution in [2.75, 3.05) is 0 Å². The third kappa shape index (κ3) is 8.15. The van der Waals surface area contributed by atoms with Crippen molar-refractivity contribution in [2.24, 2.45) is 17.8 Å². The average molecular weight is 423 g/mol. The van der Waals surface area contributed by atoms with Gasteiger partial charge in [-0.25, -0.2) is 0 Å². The molecule has 3 fully saturated rings. The van der Waals surface area contributed by atoms with Crippen molar-refractivity contribution in [3.63, 3.8) is 0 Å². The van der Waals surface area contributed by atoms with Crippen LogP contribution < -0.4 is 0 Å². The fraction of sp³-hybridized carbons (Fsp3) is 0.962. The number of carboxylic acid groups (broad SMARTS) is 1. The lowest BCUT2D eigenvalue weighted by Crippen LogP contribution is -2.27. The molecule has 0 aromatic carbocycles. The molecule has 3 aliphatic rings. The van der Waals surface area contributed by atoms with E-state index in [9.17, 15) is 9.90 Å². The Balaban J connectivity index is 1.17. The zero-order valence-corrected chi connectivity index (χ0v) is 19.5. The molecule has 4 heteroatoms. The van der Waals surface area contributed by atoms with Crippen molar-refractivity contribution in [2.45, 2.75) is 141 Å². The number of hydrogen-bond acceptors (Lipinski definition) is 3. The van der Waals surface area contributed by atoms with Gasteiger partial charge in [0.15, 0.2) is 0 Å². The molecule has 174 valence electrons. The Morgan fingerprint density at radius 3 is 2.13 bits per heavy atom. The number of epoxide rings is 2. The summed E-state index contributed by atoms with van der Waals surface area (Å²) >= 11 is 0. The van der Waals surface area contributed by atoms with Gasteiger partial charge in [-0.15, -0.1) is 0 Å². The molecular formula is C26H46O4. The quantitative estimate of drug-likeness (QED) is 0.208. The Morgan fingerprint density at radius 1 is 0.867 bits per heavy atom. The predicted molar refractivity (Wildman–Crippen MR) is 121 cm³/mol. The Kier molecular flexibility index (Phi) is 9.96. The zero-order valence-electron chi connectivity index (χ0n) is 19.5.